The van der Waals surface area contributed by atoms with Gasteiger partial charge in [0.25, 0.3) is 5.91 Å². The molecule has 1 aromatic carbocycles. The molecule has 0 bridgehead atoms. The number of benzene rings is 1. The molecule has 1 heterocycles. The van der Waals surface area contributed by atoms with Crippen molar-refractivity contribution in [3.05, 3.63) is 38.0 Å². The number of hydrogen-bond donors (Lipinski definition) is 1. The van der Waals surface area contributed by atoms with Crippen molar-refractivity contribution in [1.29, 1.82) is 0 Å². The van der Waals surface area contributed by atoms with Crippen LogP contribution in [-0.4, -0.2) is 20.1 Å². The predicted molar refractivity (Wildman–Crippen MR) is 84.5 cm³/mol. The summed E-state index contributed by atoms with van der Waals surface area (Å²) >= 11 is 10.8. The Morgan fingerprint density at radius 3 is 2.50 bits per heavy atom. The Bertz CT molecular complexity index is 645. The van der Waals surface area contributed by atoms with E-state index in [0.29, 0.717) is 27.8 Å². The largest absolute Gasteiger partial charge is 0.495 e. The molecule has 0 atom stereocenters. The normalized spacial score (nSPS) is 10.2. The predicted octanol–water partition coefficient (Wildman–Crippen LogP) is 4.43. The van der Waals surface area contributed by atoms with Gasteiger partial charge in [-0.25, -0.2) is 0 Å². The highest BCUT2D eigenvalue weighted by atomic mass is 79.9. The van der Waals surface area contributed by atoms with Gasteiger partial charge in [-0.15, -0.1) is 11.3 Å². The summed E-state index contributed by atoms with van der Waals surface area (Å²) in [6, 6.07) is 4.97. The van der Waals surface area contributed by atoms with Crippen LogP contribution in [-0.2, 0) is 0 Å². The summed E-state index contributed by atoms with van der Waals surface area (Å²) in [5.74, 6) is 0.710. The fourth-order valence-electron chi connectivity index (χ4n) is 1.58. The van der Waals surface area contributed by atoms with Gasteiger partial charge >= 0.3 is 0 Å². The van der Waals surface area contributed by atoms with Gasteiger partial charge in [0.1, 0.15) is 11.5 Å². The van der Waals surface area contributed by atoms with Crippen molar-refractivity contribution in [2.24, 2.45) is 0 Å². The molecule has 0 radical (unpaired) electrons. The van der Waals surface area contributed by atoms with Gasteiger partial charge in [0.15, 0.2) is 0 Å². The molecule has 2 rings (SSSR count). The molecule has 2 aromatic rings. The van der Waals surface area contributed by atoms with Crippen LogP contribution in [0.3, 0.4) is 0 Å². The lowest BCUT2D eigenvalue weighted by atomic mass is 10.2. The fraction of sp³-hybridized carbons (Fsp3) is 0.154. The maximum absolute atomic E-state index is 12.1. The zero-order chi connectivity index (χ0) is 14.7. The lowest BCUT2D eigenvalue weighted by molar-refractivity contribution is 0.102. The maximum atomic E-state index is 12.1. The Labute approximate surface area is 133 Å². The molecule has 106 valence electrons. The Morgan fingerprint density at radius 2 is 1.95 bits per heavy atom. The molecule has 0 unspecified atom stereocenters. The molecule has 0 fully saturated rings. The summed E-state index contributed by atoms with van der Waals surface area (Å²) in [5, 5.41) is 4.96. The Balaban J connectivity index is 2.30. The Morgan fingerprint density at radius 1 is 1.25 bits per heavy atom. The van der Waals surface area contributed by atoms with Crippen molar-refractivity contribution in [3.8, 4) is 11.5 Å². The number of thiophene rings is 1. The van der Waals surface area contributed by atoms with Crippen molar-refractivity contribution < 1.29 is 14.3 Å². The molecule has 20 heavy (non-hydrogen) atoms. The van der Waals surface area contributed by atoms with Crippen molar-refractivity contribution in [3.63, 3.8) is 0 Å². The second-order valence-electron chi connectivity index (χ2n) is 3.78. The van der Waals surface area contributed by atoms with E-state index in [0.717, 1.165) is 3.79 Å². The first kappa shape index (κ1) is 15.2. The van der Waals surface area contributed by atoms with Crippen molar-refractivity contribution in [1.82, 2.24) is 0 Å². The molecule has 0 aliphatic heterocycles. The third kappa shape index (κ3) is 3.26. The lowest BCUT2D eigenvalue weighted by Crippen LogP contribution is -2.11. The van der Waals surface area contributed by atoms with E-state index >= 15 is 0 Å². The standard InChI is InChI=1S/C13H11BrClNO3S/c1-18-10-5-9(11(19-2)4-8(10)15)16-13(17)7-3-12(14)20-6-7/h3-6H,1-2H3,(H,16,17). The highest BCUT2D eigenvalue weighted by Crippen LogP contribution is 2.36. The minimum Gasteiger partial charge on any atom is -0.495 e. The minimum absolute atomic E-state index is 0.227. The minimum atomic E-state index is -0.227. The molecule has 0 spiro atoms. The van der Waals surface area contributed by atoms with Gasteiger partial charge in [-0.3, -0.25) is 4.79 Å². The molecule has 0 aliphatic carbocycles. The summed E-state index contributed by atoms with van der Waals surface area (Å²) in [6.07, 6.45) is 0. The number of carbonyl (C=O) groups excluding carboxylic acids is 1. The number of ether oxygens (including phenoxy) is 2. The Kier molecular flexibility index (Phi) is 4.91. The molecular formula is C13H11BrClNO3S. The summed E-state index contributed by atoms with van der Waals surface area (Å²) in [5.41, 5.74) is 1.07. The number of amides is 1. The van der Waals surface area contributed by atoms with Gasteiger partial charge in [-0.05, 0) is 22.0 Å². The zero-order valence-corrected chi connectivity index (χ0v) is 13.9. The quantitative estimate of drug-likeness (QED) is 0.858. The summed E-state index contributed by atoms with van der Waals surface area (Å²) in [7, 11) is 3.02. The molecule has 0 saturated carbocycles. The van der Waals surface area contributed by atoms with Crippen molar-refractivity contribution in [2.75, 3.05) is 19.5 Å². The lowest BCUT2D eigenvalue weighted by Gasteiger charge is -2.12. The van der Waals surface area contributed by atoms with Crippen LogP contribution in [0.2, 0.25) is 5.02 Å². The smallest absolute Gasteiger partial charge is 0.256 e. The average Bonchev–Trinajstić information content (AvgIpc) is 2.87. The average molecular weight is 377 g/mol. The molecule has 0 saturated heterocycles. The molecule has 1 aromatic heterocycles. The molecule has 7 heteroatoms. The molecule has 1 N–H and O–H groups in total. The SMILES string of the molecule is COc1cc(NC(=O)c2csc(Br)c2)c(OC)cc1Cl. The van der Waals surface area contributed by atoms with Crippen LogP contribution in [0.15, 0.2) is 27.4 Å². The number of carbonyl (C=O) groups is 1. The summed E-state index contributed by atoms with van der Waals surface area (Å²) in [6.45, 7) is 0. The van der Waals surface area contributed by atoms with Gasteiger partial charge in [0.05, 0.1) is 34.3 Å². The van der Waals surface area contributed by atoms with E-state index in [2.05, 4.69) is 21.2 Å². The van der Waals surface area contributed by atoms with Crippen LogP contribution in [0.25, 0.3) is 0 Å². The van der Waals surface area contributed by atoms with Gasteiger partial charge in [-0.2, -0.15) is 0 Å². The number of halogens is 2. The first-order chi connectivity index (χ1) is 9.55. The van der Waals surface area contributed by atoms with E-state index in [1.165, 1.54) is 25.6 Å². The summed E-state index contributed by atoms with van der Waals surface area (Å²) < 4.78 is 11.2. The first-order valence-corrected chi connectivity index (χ1v) is 7.57. The van der Waals surface area contributed by atoms with E-state index in [-0.39, 0.29) is 5.91 Å². The van der Waals surface area contributed by atoms with E-state index in [4.69, 9.17) is 21.1 Å². The van der Waals surface area contributed by atoms with Crippen LogP contribution in [0.5, 0.6) is 11.5 Å². The topological polar surface area (TPSA) is 47.6 Å². The van der Waals surface area contributed by atoms with Gasteiger partial charge in [0.2, 0.25) is 0 Å². The van der Waals surface area contributed by atoms with Gasteiger partial charge < -0.3 is 14.8 Å². The number of methoxy groups -OCH3 is 2. The third-order valence-corrected chi connectivity index (χ3v) is 4.35. The maximum Gasteiger partial charge on any atom is 0.256 e. The Hall–Kier alpha value is -1.24. The second-order valence-corrected chi connectivity index (χ2v) is 6.48. The van der Waals surface area contributed by atoms with Crippen molar-refractivity contribution in [2.45, 2.75) is 0 Å². The number of anilines is 1. The monoisotopic (exact) mass is 375 g/mol. The highest BCUT2D eigenvalue weighted by Gasteiger charge is 2.14. The molecule has 4 nitrogen and oxygen atoms in total. The third-order valence-electron chi connectivity index (χ3n) is 2.55. The van der Waals surface area contributed by atoms with Crippen LogP contribution in [0.4, 0.5) is 5.69 Å². The molecular weight excluding hydrogens is 366 g/mol. The fourth-order valence-corrected chi connectivity index (χ4v) is 2.95. The van der Waals surface area contributed by atoms with Crippen LogP contribution < -0.4 is 14.8 Å². The van der Waals surface area contributed by atoms with Crippen LogP contribution >= 0.6 is 38.9 Å². The van der Waals surface area contributed by atoms with Crippen LogP contribution in [0, 0.1) is 0 Å². The number of hydrogen-bond acceptors (Lipinski definition) is 4. The number of nitrogens with one attached hydrogen (secondary N) is 1. The zero-order valence-electron chi connectivity index (χ0n) is 10.7. The van der Waals surface area contributed by atoms with Gasteiger partial charge in [-0.1, -0.05) is 11.6 Å². The number of rotatable bonds is 4. The van der Waals surface area contributed by atoms with Crippen LogP contribution in [0.1, 0.15) is 10.4 Å². The van der Waals surface area contributed by atoms with E-state index in [1.54, 1.807) is 23.6 Å². The van der Waals surface area contributed by atoms with E-state index in [1.807, 2.05) is 0 Å². The highest BCUT2D eigenvalue weighted by molar-refractivity contribution is 9.11. The van der Waals surface area contributed by atoms with Crippen molar-refractivity contribution >= 4 is 50.5 Å². The molecule has 0 aliphatic rings. The summed E-state index contributed by atoms with van der Waals surface area (Å²) in [4.78, 5) is 12.1. The van der Waals surface area contributed by atoms with E-state index < -0.39 is 0 Å². The van der Waals surface area contributed by atoms with Gasteiger partial charge in [0, 0.05) is 17.5 Å². The van der Waals surface area contributed by atoms with E-state index in [9.17, 15) is 4.79 Å². The first-order valence-electron chi connectivity index (χ1n) is 5.52. The molecule has 1 amide bonds. The second kappa shape index (κ2) is 6.47.